The Hall–Kier alpha value is -2.37. The highest BCUT2D eigenvalue weighted by Gasteiger charge is 2.15. The van der Waals surface area contributed by atoms with Crippen LogP contribution in [0.2, 0.25) is 0 Å². The Morgan fingerprint density at radius 3 is 2.62 bits per heavy atom. The lowest BCUT2D eigenvalue weighted by atomic mass is 10.1. The van der Waals surface area contributed by atoms with Crippen molar-refractivity contribution in [2.24, 2.45) is 0 Å². The van der Waals surface area contributed by atoms with E-state index in [0.29, 0.717) is 23.3 Å². The molecule has 0 unspecified atom stereocenters. The minimum absolute atomic E-state index is 0.222. The topological polar surface area (TPSA) is 81.4 Å². The van der Waals surface area contributed by atoms with Gasteiger partial charge in [0, 0.05) is 25.0 Å². The number of pyridine rings is 2. The minimum Gasteiger partial charge on any atom is -0.481 e. The van der Waals surface area contributed by atoms with E-state index in [1.807, 2.05) is 4.57 Å². The zero-order valence-corrected chi connectivity index (χ0v) is 14.2. The van der Waals surface area contributed by atoms with Crippen LogP contribution in [-0.2, 0) is 6.54 Å². The first-order valence-electron chi connectivity index (χ1n) is 8.39. The van der Waals surface area contributed by atoms with E-state index in [-0.39, 0.29) is 5.56 Å². The Morgan fingerprint density at radius 1 is 1.25 bits per heavy atom. The molecule has 6 heteroatoms. The quantitative estimate of drug-likeness (QED) is 0.711. The maximum absolute atomic E-state index is 12.3. The number of fused-ring (bicyclic) bond motifs is 1. The summed E-state index contributed by atoms with van der Waals surface area (Å²) in [6, 6.07) is 1.68. The fourth-order valence-electron chi connectivity index (χ4n) is 2.78. The van der Waals surface area contributed by atoms with Gasteiger partial charge in [0.15, 0.2) is 0 Å². The van der Waals surface area contributed by atoms with Crippen molar-refractivity contribution in [3.8, 4) is 5.88 Å². The van der Waals surface area contributed by atoms with Crippen LogP contribution in [0.3, 0.4) is 0 Å². The van der Waals surface area contributed by atoms with Gasteiger partial charge in [-0.15, -0.1) is 0 Å². The van der Waals surface area contributed by atoms with Crippen molar-refractivity contribution in [3.05, 3.63) is 34.2 Å². The van der Waals surface area contributed by atoms with E-state index in [1.54, 1.807) is 6.07 Å². The molecule has 0 spiro atoms. The summed E-state index contributed by atoms with van der Waals surface area (Å²) < 4.78 is 6.95. The van der Waals surface area contributed by atoms with E-state index in [1.165, 1.54) is 45.2 Å². The van der Waals surface area contributed by atoms with Crippen LogP contribution in [-0.4, -0.2) is 27.7 Å². The van der Waals surface area contributed by atoms with Gasteiger partial charge < -0.3 is 14.4 Å². The summed E-state index contributed by atoms with van der Waals surface area (Å²) in [5.74, 6) is -0.809. The molecule has 0 aromatic carbocycles. The molecule has 1 N–H and O–H groups in total. The average molecular weight is 332 g/mol. The van der Waals surface area contributed by atoms with Crippen molar-refractivity contribution < 1.29 is 14.6 Å². The number of aryl methyl sites for hydroxylation is 1. The monoisotopic (exact) mass is 332 g/mol. The first-order chi connectivity index (χ1) is 11.6. The molecule has 0 atom stereocenters. The second kappa shape index (κ2) is 8.47. The molecule has 0 aliphatic carbocycles. The largest absolute Gasteiger partial charge is 0.481 e. The van der Waals surface area contributed by atoms with Gasteiger partial charge in [0.2, 0.25) is 11.3 Å². The molecule has 0 aliphatic heterocycles. The molecule has 24 heavy (non-hydrogen) atoms. The lowest BCUT2D eigenvalue weighted by Gasteiger charge is -2.13. The number of rotatable bonds is 9. The number of carbonyl (C=O) groups is 1. The molecule has 2 aromatic rings. The first-order valence-corrected chi connectivity index (χ1v) is 8.39. The molecule has 2 rings (SSSR count). The standard InChI is InChI=1S/C18H24N2O4/c1-3-4-5-6-7-8-9-20-12-14(18(22)23)17(21)13-11-19-16(24-2)10-15(13)20/h10-12H,3-9H2,1-2H3,(H,22,23). The molecule has 0 saturated heterocycles. The molecule has 0 amide bonds. The van der Waals surface area contributed by atoms with Crippen LogP contribution in [0.5, 0.6) is 5.88 Å². The second-order valence-electron chi connectivity index (χ2n) is 5.88. The van der Waals surface area contributed by atoms with Gasteiger partial charge in [0.1, 0.15) is 5.56 Å². The summed E-state index contributed by atoms with van der Waals surface area (Å²) in [4.78, 5) is 27.7. The van der Waals surface area contributed by atoms with Crippen molar-refractivity contribution >= 4 is 16.9 Å². The van der Waals surface area contributed by atoms with Crippen molar-refractivity contribution in [3.63, 3.8) is 0 Å². The maximum atomic E-state index is 12.3. The van der Waals surface area contributed by atoms with Crippen LogP contribution < -0.4 is 10.2 Å². The fraction of sp³-hybridized carbons (Fsp3) is 0.500. The summed E-state index contributed by atoms with van der Waals surface area (Å²) in [6.07, 6.45) is 9.68. The number of aromatic carboxylic acids is 1. The van der Waals surface area contributed by atoms with Crippen LogP contribution >= 0.6 is 0 Å². The highest BCUT2D eigenvalue weighted by Crippen LogP contribution is 2.18. The Kier molecular flexibility index (Phi) is 6.35. The number of hydrogen-bond donors (Lipinski definition) is 1. The van der Waals surface area contributed by atoms with E-state index in [4.69, 9.17) is 4.74 Å². The molecule has 0 aliphatic rings. The predicted molar refractivity (Wildman–Crippen MR) is 92.9 cm³/mol. The van der Waals surface area contributed by atoms with Crippen LogP contribution in [0, 0.1) is 0 Å². The van der Waals surface area contributed by atoms with E-state index >= 15 is 0 Å². The number of aromatic nitrogens is 2. The van der Waals surface area contributed by atoms with Gasteiger partial charge in [-0.3, -0.25) is 4.79 Å². The number of unbranched alkanes of at least 4 members (excludes halogenated alkanes) is 5. The molecule has 0 radical (unpaired) electrons. The predicted octanol–water partition coefficient (Wildman–Crippen LogP) is 3.46. The summed E-state index contributed by atoms with van der Waals surface area (Å²) in [7, 11) is 1.51. The number of carboxylic acids is 1. The van der Waals surface area contributed by atoms with Gasteiger partial charge in [0.05, 0.1) is 18.0 Å². The van der Waals surface area contributed by atoms with Gasteiger partial charge in [-0.1, -0.05) is 39.0 Å². The summed E-state index contributed by atoms with van der Waals surface area (Å²) >= 11 is 0. The zero-order chi connectivity index (χ0) is 17.5. The van der Waals surface area contributed by atoms with Crippen LogP contribution in [0.15, 0.2) is 23.3 Å². The summed E-state index contributed by atoms with van der Waals surface area (Å²) in [5, 5.41) is 9.57. The summed E-state index contributed by atoms with van der Waals surface area (Å²) in [6.45, 7) is 2.84. The van der Waals surface area contributed by atoms with Crippen molar-refractivity contribution in [2.45, 2.75) is 52.0 Å². The normalized spacial score (nSPS) is 10.9. The van der Waals surface area contributed by atoms with Crippen LogP contribution in [0.4, 0.5) is 0 Å². The number of carboxylic acid groups (broad SMARTS) is 1. The number of hydrogen-bond acceptors (Lipinski definition) is 4. The SMILES string of the molecule is CCCCCCCCn1cc(C(=O)O)c(=O)c2cnc(OC)cc21. The smallest absolute Gasteiger partial charge is 0.341 e. The van der Waals surface area contributed by atoms with E-state index < -0.39 is 11.4 Å². The molecular formula is C18H24N2O4. The Balaban J connectivity index is 2.30. The molecule has 6 nitrogen and oxygen atoms in total. The van der Waals surface area contributed by atoms with Crippen molar-refractivity contribution in [1.82, 2.24) is 9.55 Å². The second-order valence-corrected chi connectivity index (χ2v) is 5.88. The van der Waals surface area contributed by atoms with Crippen molar-refractivity contribution in [1.29, 1.82) is 0 Å². The maximum Gasteiger partial charge on any atom is 0.341 e. The Labute approximate surface area is 141 Å². The fourth-order valence-corrected chi connectivity index (χ4v) is 2.78. The van der Waals surface area contributed by atoms with Crippen LogP contribution in [0.1, 0.15) is 55.8 Å². The highest BCUT2D eigenvalue weighted by atomic mass is 16.5. The molecular weight excluding hydrogens is 308 g/mol. The lowest BCUT2D eigenvalue weighted by Crippen LogP contribution is -2.19. The van der Waals surface area contributed by atoms with Gasteiger partial charge in [0.25, 0.3) is 0 Å². The molecule has 130 valence electrons. The highest BCUT2D eigenvalue weighted by molar-refractivity contribution is 5.92. The van der Waals surface area contributed by atoms with E-state index in [0.717, 1.165) is 12.8 Å². The van der Waals surface area contributed by atoms with Gasteiger partial charge >= 0.3 is 5.97 Å². The molecule has 0 fully saturated rings. The van der Waals surface area contributed by atoms with Crippen molar-refractivity contribution in [2.75, 3.05) is 7.11 Å². The molecule has 0 bridgehead atoms. The molecule has 2 heterocycles. The Morgan fingerprint density at radius 2 is 1.96 bits per heavy atom. The Bertz CT molecular complexity index is 767. The molecule has 2 aromatic heterocycles. The van der Waals surface area contributed by atoms with Crippen LogP contribution in [0.25, 0.3) is 10.9 Å². The lowest BCUT2D eigenvalue weighted by molar-refractivity contribution is 0.0695. The van der Waals surface area contributed by atoms with E-state index in [9.17, 15) is 14.7 Å². The number of nitrogens with zero attached hydrogens (tertiary/aromatic N) is 2. The first kappa shape index (κ1) is 18.0. The average Bonchev–Trinajstić information content (AvgIpc) is 2.59. The zero-order valence-electron chi connectivity index (χ0n) is 14.2. The summed E-state index contributed by atoms with van der Waals surface area (Å²) in [5.41, 5.74) is -0.0716. The van der Waals surface area contributed by atoms with Gasteiger partial charge in [-0.05, 0) is 6.42 Å². The van der Waals surface area contributed by atoms with Gasteiger partial charge in [-0.2, -0.15) is 0 Å². The minimum atomic E-state index is -1.21. The third-order valence-corrected chi connectivity index (χ3v) is 4.13. The number of ether oxygens (including phenoxy) is 1. The van der Waals surface area contributed by atoms with E-state index in [2.05, 4.69) is 11.9 Å². The number of methoxy groups -OCH3 is 1. The third-order valence-electron chi connectivity index (χ3n) is 4.13. The molecule has 0 saturated carbocycles. The van der Waals surface area contributed by atoms with Gasteiger partial charge in [-0.25, -0.2) is 9.78 Å². The third kappa shape index (κ3) is 4.13.